The fraction of sp³-hybridized carbons (Fsp3) is 0.316. The van der Waals surface area contributed by atoms with E-state index in [1.165, 1.54) is 31.4 Å². The Morgan fingerprint density at radius 1 is 1.00 bits per heavy atom. The van der Waals surface area contributed by atoms with Gasteiger partial charge in [-0.15, -0.1) is 0 Å². The van der Waals surface area contributed by atoms with Crippen LogP contribution in [0.3, 0.4) is 0 Å². The van der Waals surface area contributed by atoms with Gasteiger partial charge >= 0.3 is 23.9 Å². The van der Waals surface area contributed by atoms with Crippen molar-refractivity contribution in [1.29, 1.82) is 0 Å². The van der Waals surface area contributed by atoms with Gasteiger partial charge in [0.25, 0.3) is 5.60 Å². The van der Waals surface area contributed by atoms with Gasteiger partial charge in [0.15, 0.2) is 0 Å². The van der Waals surface area contributed by atoms with Crippen LogP contribution in [-0.2, 0) is 33.4 Å². The molecule has 0 N–H and O–H groups in total. The van der Waals surface area contributed by atoms with Crippen LogP contribution < -0.4 is 4.74 Å². The van der Waals surface area contributed by atoms with Crippen molar-refractivity contribution in [2.45, 2.75) is 26.4 Å². The van der Waals surface area contributed by atoms with Gasteiger partial charge in [0.2, 0.25) is 5.78 Å². The van der Waals surface area contributed by atoms with E-state index in [4.69, 9.17) is 9.47 Å². The number of ether oxygens (including phenoxy) is 4. The summed E-state index contributed by atoms with van der Waals surface area (Å²) < 4.78 is 19.0. The lowest BCUT2D eigenvalue weighted by atomic mass is 9.94. The van der Waals surface area contributed by atoms with Crippen molar-refractivity contribution >= 4 is 29.7 Å². The highest BCUT2D eigenvalue weighted by molar-refractivity contribution is 6.17. The van der Waals surface area contributed by atoms with E-state index in [0.29, 0.717) is 11.8 Å². The van der Waals surface area contributed by atoms with E-state index in [-0.39, 0.29) is 12.2 Å². The highest BCUT2D eigenvalue weighted by Crippen LogP contribution is 2.22. The molecule has 0 spiro atoms. The summed E-state index contributed by atoms with van der Waals surface area (Å²) in [6.45, 7) is 3.61. The van der Waals surface area contributed by atoms with Crippen LogP contribution in [0.4, 0.5) is 0 Å². The summed E-state index contributed by atoms with van der Waals surface area (Å²) >= 11 is 0. The predicted octanol–water partition coefficient (Wildman–Crippen LogP) is 1.39. The fourth-order valence-electron chi connectivity index (χ4n) is 1.99. The summed E-state index contributed by atoms with van der Waals surface area (Å²) in [5.41, 5.74) is -2.46. The van der Waals surface area contributed by atoms with Crippen molar-refractivity contribution in [2.75, 3.05) is 13.7 Å². The molecular formula is C19H20O9. The maximum absolute atomic E-state index is 12.8. The van der Waals surface area contributed by atoms with Gasteiger partial charge in [0.1, 0.15) is 5.75 Å². The molecule has 0 saturated heterocycles. The van der Waals surface area contributed by atoms with Crippen LogP contribution in [0, 0.1) is 0 Å². The largest absolute Gasteiger partial charge is 0.497 e. The Hall–Kier alpha value is -3.49. The van der Waals surface area contributed by atoms with Gasteiger partial charge in [0, 0.05) is 24.6 Å². The van der Waals surface area contributed by atoms with E-state index in [0.717, 1.165) is 19.9 Å². The zero-order valence-corrected chi connectivity index (χ0v) is 15.8. The molecule has 1 rings (SSSR count). The molecule has 28 heavy (non-hydrogen) atoms. The molecule has 1 aromatic carbocycles. The second kappa shape index (κ2) is 10.0. The number of hydrogen-bond acceptors (Lipinski definition) is 9. The molecule has 0 saturated carbocycles. The summed E-state index contributed by atoms with van der Waals surface area (Å²) in [5, 5.41) is 0. The standard InChI is InChI=1S/C19H20O9/c1-5-26-15(21)10-11-16(22)28-19(3,18(24)27-12(2)20)17(23)13-6-8-14(25-4)9-7-13/h6-11H,5H2,1-4H3. The predicted molar refractivity (Wildman–Crippen MR) is 94.4 cm³/mol. The summed E-state index contributed by atoms with van der Waals surface area (Å²) in [5.74, 6) is -4.83. The number of methoxy groups -OCH3 is 1. The van der Waals surface area contributed by atoms with Crippen LogP contribution in [0.15, 0.2) is 36.4 Å². The molecule has 0 fully saturated rings. The van der Waals surface area contributed by atoms with Crippen LogP contribution in [0.5, 0.6) is 5.75 Å². The third-order valence-corrected chi connectivity index (χ3v) is 3.36. The van der Waals surface area contributed by atoms with Gasteiger partial charge in [-0.05, 0) is 38.1 Å². The molecule has 9 heteroatoms. The number of esters is 4. The van der Waals surface area contributed by atoms with Crippen molar-refractivity contribution in [3.63, 3.8) is 0 Å². The van der Waals surface area contributed by atoms with Gasteiger partial charge in [-0.25, -0.2) is 14.4 Å². The summed E-state index contributed by atoms with van der Waals surface area (Å²) in [6, 6.07) is 5.63. The number of hydrogen-bond donors (Lipinski definition) is 0. The normalized spacial score (nSPS) is 12.6. The minimum atomic E-state index is -2.46. The Kier molecular flexibility index (Phi) is 8.06. The Morgan fingerprint density at radius 3 is 2.07 bits per heavy atom. The van der Waals surface area contributed by atoms with Crippen molar-refractivity contribution in [2.24, 2.45) is 0 Å². The Morgan fingerprint density at radius 2 is 1.57 bits per heavy atom. The SMILES string of the molecule is CCOC(=O)C=CC(=O)OC(C)(C(=O)OC(C)=O)C(=O)c1ccc(OC)cc1. The molecule has 0 heterocycles. The number of Topliss-reactive ketones (excluding diaryl/α,β-unsaturated/α-hetero) is 1. The minimum Gasteiger partial charge on any atom is -0.497 e. The number of carbonyl (C=O) groups excluding carboxylic acids is 5. The zero-order valence-electron chi connectivity index (χ0n) is 15.8. The van der Waals surface area contributed by atoms with Crippen molar-refractivity contribution < 1.29 is 42.9 Å². The maximum atomic E-state index is 12.8. The second-order valence-electron chi connectivity index (χ2n) is 5.48. The summed E-state index contributed by atoms with van der Waals surface area (Å²) in [7, 11) is 1.43. The first-order valence-electron chi connectivity index (χ1n) is 8.13. The monoisotopic (exact) mass is 392 g/mol. The van der Waals surface area contributed by atoms with E-state index in [2.05, 4.69) is 9.47 Å². The van der Waals surface area contributed by atoms with Gasteiger partial charge in [-0.2, -0.15) is 0 Å². The van der Waals surface area contributed by atoms with Gasteiger partial charge in [-0.3, -0.25) is 9.59 Å². The minimum absolute atomic E-state index is 0.00553. The molecule has 0 radical (unpaired) electrons. The van der Waals surface area contributed by atoms with E-state index in [1.54, 1.807) is 6.92 Å². The molecule has 0 amide bonds. The highest BCUT2D eigenvalue weighted by Gasteiger charge is 2.47. The van der Waals surface area contributed by atoms with Crippen LogP contribution in [0.1, 0.15) is 31.1 Å². The van der Waals surface area contributed by atoms with E-state index < -0.39 is 35.3 Å². The molecule has 0 aliphatic carbocycles. The molecule has 150 valence electrons. The summed E-state index contributed by atoms with van der Waals surface area (Å²) in [4.78, 5) is 59.5. The first-order valence-corrected chi connectivity index (χ1v) is 8.13. The van der Waals surface area contributed by atoms with Crippen LogP contribution in [0.2, 0.25) is 0 Å². The molecule has 1 atom stereocenters. The molecule has 9 nitrogen and oxygen atoms in total. The number of ketones is 1. The number of carbonyl (C=O) groups is 5. The van der Waals surface area contributed by atoms with E-state index in [1.807, 2.05) is 0 Å². The third kappa shape index (κ3) is 6.04. The lowest BCUT2D eigenvalue weighted by molar-refractivity contribution is -0.176. The molecule has 1 unspecified atom stereocenters. The van der Waals surface area contributed by atoms with Crippen molar-refractivity contribution in [1.82, 2.24) is 0 Å². The maximum Gasteiger partial charge on any atom is 0.366 e. The Balaban J connectivity index is 3.16. The third-order valence-electron chi connectivity index (χ3n) is 3.36. The van der Waals surface area contributed by atoms with E-state index in [9.17, 15) is 24.0 Å². The van der Waals surface area contributed by atoms with Crippen molar-refractivity contribution in [3.05, 3.63) is 42.0 Å². The highest BCUT2D eigenvalue weighted by atomic mass is 16.6. The average Bonchev–Trinajstić information content (AvgIpc) is 2.65. The molecule has 0 aromatic heterocycles. The summed E-state index contributed by atoms with van der Waals surface area (Å²) in [6.07, 6.45) is 1.47. The van der Waals surface area contributed by atoms with Gasteiger partial charge < -0.3 is 18.9 Å². The fourth-order valence-corrected chi connectivity index (χ4v) is 1.99. The second-order valence-corrected chi connectivity index (χ2v) is 5.48. The van der Waals surface area contributed by atoms with E-state index >= 15 is 0 Å². The topological polar surface area (TPSA) is 122 Å². The molecular weight excluding hydrogens is 372 g/mol. The Labute approximate surface area is 161 Å². The van der Waals surface area contributed by atoms with Crippen molar-refractivity contribution in [3.8, 4) is 5.75 Å². The zero-order chi connectivity index (χ0) is 21.3. The van der Waals surface area contributed by atoms with Crippen LogP contribution >= 0.6 is 0 Å². The quantitative estimate of drug-likeness (QED) is 0.212. The Bertz CT molecular complexity index is 792. The lowest BCUT2D eigenvalue weighted by Gasteiger charge is -2.24. The average molecular weight is 392 g/mol. The smallest absolute Gasteiger partial charge is 0.366 e. The number of benzene rings is 1. The molecule has 0 bridgehead atoms. The van der Waals surface area contributed by atoms with Crippen LogP contribution in [-0.4, -0.2) is 49.0 Å². The molecule has 1 aromatic rings. The number of rotatable bonds is 8. The molecule has 0 aliphatic heterocycles. The van der Waals surface area contributed by atoms with Crippen LogP contribution in [0.25, 0.3) is 0 Å². The van der Waals surface area contributed by atoms with Gasteiger partial charge in [-0.1, -0.05) is 0 Å². The first-order chi connectivity index (χ1) is 13.1. The molecule has 0 aliphatic rings. The first kappa shape index (κ1) is 22.6. The lowest BCUT2D eigenvalue weighted by Crippen LogP contribution is -2.49. The van der Waals surface area contributed by atoms with Gasteiger partial charge in [0.05, 0.1) is 13.7 Å².